The Morgan fingerprint density at radius 2 is 1.59 bits per heavy atom. The summed E-state index contributed by atoms with van der Waals surface area (Å²) in [4.78, 5) is 11.8. The molecule has 0 unspecified atom stereocenters. The maximum absolute atomic E-state index is 12.5. The molecule has 0 aliphatic heterocycles. The lowest BCUT2D eigenvalue weighted by molar-refractivity contribution is -0.109. The second-order valence-corrected chi connectivity index (χ2v) is 4.23. The SMILES string of the molecule is O=C(C#Cc1ccccc1)/C=C(\OB(F)F)c1ccccc1. The molecule has 0 amide bonds. The molecule has 0 bridgehead atoms. The van der Waals surface area contributed by atoms with Gasteiger partial charge in [-0.05, 0) is 18.1 Å². The zero-order chi connectivity index (χ0) is 15.8. The average molecular weight is 296 g/mol. The molecule has 0 radical (unpaired) electrons. The molecule has 0 aromatic heterocycles. The molecule has 2 rings (SSSR count). The summed E-state index contributed by atoms with van der Waals surface area (Å²) in [6.45, 7) is 0. The number of carbonyl (C=O) groups is 1. The Balaban J connectivity index is 2.22. The van der Waals surface area contributed by atoms with E-state index in [0.29, 0.717) is 11.1 Å². The lowest BCUT2D eigenvalue weighted by Crippen LogP contribution is -2.05. The molecule has 0 aliphatic rings. The van der Waals surface area contributed by atoms with Gasteiger partial charge in [-0.25, -0.2) is 8.63 Å². The largest absolute Gasteiger partial charge is 0.796 e. The predicted octanol–water partition coefficient (Wildman–Crippen LogP) is 3.59. The highest BCUT2D eigenvalue weighted by atomic mass is 19.2. The van der Waals surface area contributed by atoms with Crippen LogP contribution in [0.5, 0.6) is 0 Å². The lowest BCUT2D eigenvalue weighted by Gasteiger charge is -2.07. The van der Waals surface area contributed by atoms with Crippen LogP contribution in [0.1, 0.15) is 11.1 Å². The van der Waals surface area contributed by atoms with Gasteiger partial charge >= 0.3 is 7.47 Å². The topological polar surface area (TPSA) is 26.3 Å². The first-order valence-electron chi connectivity index (χ1n) is 6.48. The minimum atomic E-state index is -3.01. The second-order valence-electron chi connectivity index (χ2n) is 4.23. The van der Waals surface area contributed by atoms with Gasteiger partial charge in [0, 0.05) is 17.2 Å². The zero-order valence-electron chi connectivity index (χ0n) is 11.5. The molecule has 0 saturated heterocycles. The number of halogens is 2. The van der Waals surface area contributed by atoms with E-state index in [-0.39, 0.29) is 5.76 Å². The predicted molar refractivity (Wildman–Crippen MR) is 81.8 cm³/mol. The molecule has 0 saturated carbocycles. The number of ketones is 1. The first-order valence-corrected chi connectivity index (χ1v) is 6.48. The summed E-state index contributed by atoms with van der Waals surface area (Å²) in [5.41, 5.74) is 1.05. The van der Waals surface area contributed by atoms with Gasteiger partial charge in [-0.3, -0.25) is 4.79 Å². The fourth-order valence-corrected chi connectivity index (χ4v) is 1.69. The molecular weight excluding hydrogens is 285 g/mol. The van der Waals surface area contributed by atoms with E-state index in [2.05, 4.69) is 16.5 Å². The number of carbonyl (C=O) groups excluding carboxylic acids is 1. The van der Waals surface area contributed by atoms with Crippen molar-refractivity contribution >= 4 is 19.0 Å². The summed E-state index contributed by atoms with van der Waals surface area (Å²) in [5.74, 6) is 4.24. The summed E-state index contributed by atoms with van der Waals surface area (Å²) in [6, 6.07) is 17.1. The van der Waals surface area contributed by atoms with Gasteiger partial charge in [-0.2, -0.15) is 0 Å². The van der Waals surface area contributed by atoms with Gasteiger partial charge in [0.1, 0.15) is 5.76 Å². The van der Waals surface area contributed by atoms with Crippen LogP contribution >= 0.6 is 0 Å². The highest BCUT2D eigenvalue weighted by Gasteiger charge is 2.20. The summed E-state index contributed by atoms with van der Waals surface area (Å²) in [6.07, 6.45) is 0.970. The highest BCUT2D eigenvalue weighted by molar-refractivity contribution is 6.36. The van der Waals surface area contributed by atoms with Crippen molar-refractivity contribution in [1.82, 2.24) is 0 Å². The van der Waals surface area contributed by atoms with Crippen molar-refractivity contribution in [3.05, 3.63) is 77.9 Å². The number of rotatable bonds is 4. The second kappa shape index (κ2) is 7.80. The van der Waals surface area contributed by atoms with Crippen LogP contribution in [0, 0.1) is 11.8 Å². The van der Waals surface area contributed by atoms with Crippen molar-refractivity contribution in [2.45, 2.75) is 0 Å². The van der Waals surface area contributed by atoms with Crippen LogP contribution in [0.3, 0.4) is 0 Å². The number of allylic oxidation sites excluding steroid dienone is 1. The van der Waals surface area contributed by atoms with Crippen molar-refractivity contribution in [3.8, 4) is 11.8 Å². The quantitative estimate of drug-likeness (QED) is 0.373. The van der Waals surface area contributed by atoms with Crippen LogP contribution in [0.2, 0.25) is 0 Å². The van der Waals surface area contributed by atoms with Gasteiger partial charge in [0.2, 0.25) is 5.78 Å². The van der Waals surface area contributed by atoms with Crippen molar-refractivity contribution in [2.24, 2.45) is 0 Å². The van der Waals surface area contributed by atoms with Crippen LogP contribution < -0.4 is 0 Å². The maximum atomic E-state index is 12.5. The van der Waals surface area contributed by atoms with E-state index in [4.69, 9.17) is 0 Å². The van der Waals surface area contributed by atoms with E-state index in [9.17, 15) is 13.4 Å². The van der Waals surface area contributed by atoms with E-state index in [0.717, 1.165) is 6.08 Å². The van der Waals surface area contributed by atoms with Crippen LogP contribution in [0.4, 0.5) is 8.63 Å². The fourth-order valence-electron chi connectivity index (χ4n) is 1.69. The molecule has 0 atom stereocenters. The van der Waals surface area contributed by atoms with Crippen molar-refractivity contribution in [3.63, 3.8) is 0 Å². The molecule has 5 heteroatoms. The van der Waals surface area contributed by atoms with E-state index < -0.39 is 13.3 Å². The summed E-state index contributed by atoms with van der Waals surface area (Å²) >= 11 is 0. The summed E-state index contributed by atoms with van der Waals surface area (Å²) in [5, 5.41) is 0. The monoisotopic (exact) mass is 296 g/mol. The molecule has 0 aliphatic carbocycles. The first kappa shape index (κ1) is 15.5. The van der Waals surface area contributed by atoms with Crippen LogP contribution in [0.25, 0.3) is 5.76 Å². The lowest BCUT2D eigenvalue weighted by atomic mass is 10.1. The van der Waals surface area contributed by atoms with Gasteiger partial charge in [0.15, 0.2) is 0 Å². The Hall–Kier alpha value is -2.87. The molecule has 0 heterocycles. The molecule has 2 aromatic carbocycles. The Bertz CT molecular complexity index is 717. The van der Waals surface area contributed by atoms with E-state index in [1.807, 2.05) is 6.07 Å². The average Bonchev–Trinajstić information content (AvgIpc) is 2.54. The van der Waals surface area contributed by atoms with Gasteiger partial charge < -0.3 is 4.65 Å². The van der Waals surface area contributed by atoms with Crippen LogP contribution in [-0.4, -0.2) is 13.3 Å². The number of hydrogen-bond donors (Lipinski definition) is 0. The van der Waals surface area contributed by atoms with E-state index in [1.54, 1.807) is 54.6 Å². The van der Waals surface area contributed by atoms with Crippen LogP contribution in [0.15, 0.2) is 66.7 Å². The molecule has 22 heavy (non-hydrogen) atoms. The molecule has 0 spiro atoms. The smallest absolute Gasteiger partial charge is 0.505 e. The molecule has 2 aromatic rings. The van der Waals surface area contributed by atoms with E-state index >= 15 is 0 Å². The Morgan fingerprint density at radius 3 is 2.18 bits per heavy atom. The zero-order valence-corrected chi connectivity index (χ0v) is 11.5. The highest BCUT2D eigenvalue weighted by Crippen LogP contribution is 2.17. The minimum Gasteiger partial charge on any atom is -0.505 e. The molecule has 2 nitrogen and oxygen atoms in total. The standard InChI is InChI=1S/C17H11BF2O2/c19-18(20)22-17(15-9-5-2-6-10-15)13-16(21)12-11-14-7-3-1-4-8-14/h1-10,13H/b17-13-. The first-order chi connectivity index (χ1) is 10.6. The van der Waals surface area contributed by atoms with Crippen LogP contribution in [-0.2, 0) is 9.45 Å². The number of benzene rings is 2. The molecule has 0 fully saturated rings. The van der Waals surface area contributed by atoms with Gasteiger partial charge in [-0.1, -0.05) is 54.5 Å². The Labute approximate surface area is 127 Å². The Morgan fingerprint density at radius 1 is 1.00 bits per heavy atom. The van der Waals surface area contributed by atoms with Gasteiger partial charge in [0.05, 0.1) is 0 Å². The van der Waals surface area contributed by atoms with Gasteiger partial charge in [-0.15, -0.1) is 0 Å². The third kappa shape index (κ3) is 4.91. The molecule has 108 valence electrons. The molecule has 0 N–H and O–H groups in total. The van der Waals surface area contributed by atoms with E-state index in [1.165, 1.54) is 0 Å². The summed E-state index contributed by atoms with van der Waals surface area (Å²) in [7, 11) is -3.01. The number of hydrogen-bond acceptors (Lipinski definition) is 2. The normalized spacial score (nSPS) is 10.4. The maximum Gasteiger partial charge on any atom is 0.796 e. The van der Waals surface area contributed by atoms with Crippen molar-refractivity contribution in [2.75, 3.05) is 0 Å². The van der Waals surface area contributed by atoms with Gasteiger partial charge in [0.25, 0.3) is 0 Å². The third-order valence-electron chi connectivity index (χ3n) is 2.64. The molecular formula is C17H11BF2O2. The minimum absolute atomic E-state index is 0.206. The fraction of sp³-hybridized carbons (Fsp3) is 0. The Kier molecular flexibility index (Phi) is 5.50. The summed E-state index contributed by atoms with van der Waals surface area (Å²) < 4.78 is 29.3. The third-order valence-corrected chi connectivity index (χ3v) is 2.64. The van der Waals surface area contributed by atoms with Crippen molar-refractivity contribution < 1.29 is 18.1 Å². The van der Waals surface area contributed by atoms with Crippen molar-refractivity contribution in [1.29, 1.82) is 0 Å².